The standard InChI is InChI=1S/C14H19N3O2S/c1-10-17-11(9-20-10)4-6-15-8-12-14(19-3)13(18-2)5-7-16-12/h5,7,9,15H,4,6,8H2,1-3H3. The number of thiazole rings is 1. The third-order valence-electron chi connectivity index (χ3n) is 2.88. The molecule has 2 aromatic rings. The fourth-order valence-electron chi connectivity index (χ4n) is 1.92. The van der Waals surface area contributed by atoms with Crippen molar-refractivity contribution in [3.63, 3.8) is 0 Å². The second-order valence-corrected chi connectivity index (χ2v) is 5.34. The van der Waals surface area contributed by atoms with Crippen LogP contribution in [0.25, 0.3) is 0 Å². The van der Waals surface area contributed by atoms with Gasteiger partial charge in [0.25, 0.3) is 0 Å². The van der Waals surface area contributed by atoms with Crippen LogP contribution >= 0.6 is 11.3 Å². The minimum Gasteiger partial charge on any atom is -0.493 e. The molecule has 1 N–H and O–H groups in total. The van der Waals surface area contributed by atoms with E-state index in [0.29, 0.717) is 18.0 Å². The van der Waals surface area contributed by atoms with E-state index in [1.54, 1.807) is 37.8 Å². The Morgan fingerprint density at radius 3 is 2.80 bits per heavy atom. The number of nitrogens with zero attached hydrogens (tertiary/aromatic N) is 2. The summed E-state index contributed by atoms with van der Waals surface area (Å²) in [5.41, 5.74) is 1.98. The van der Waals surface area contributed by atoms with Gasteiger partial charge in [-0.2, -0.15) is 0 Å². The normalized spacial score (nSPS) is 10.6. The summed E-state index contributed by atoms with van der Waals surface area (Å²) in [5, 5.41) is 6.56. The maximum Gasteiger partial charge on any atom is 0.183 e. The number of aryl methyl sites for hydroxylation is 1. The van der Waals surface area contributed by atoms with Crippen LogP contribution in [0.3, 0.4) is 0 Å². The van der Waals surface area contributed by atoms with Gasteiger partial charge < -0.3 is 14.8 Å². The summed E-state index contributed by atoms with van der Waals surface area (Å²) in [6, 6.07) is 1.79. The second kappa shape index (κ2) is 7.21. The summed E-state index contributed by atoms with van der Waals surface area (Å²) in [5.74, 6) is 1.39. The molecule has 0 aromatic carbocycles. The highest BCUT2D eigenvalue weighted by Crippen LogP contribution is 2.28. The first-order valence-electron chi connectivity index (χ1n) is 6.42. The van der Waals surface area contributed by atoms with Crippen LogP contribution in [0.4, 0.5) is 0 Å². The lowest BCUT2D eigenvalue weighted by molar-refractivity contribution is 0.348. The quantitative estimate of drug-likeness (QED) is 0.793. The Kier molecular flexibility index (Phi) is 5.31. The first kappa shape index (κ1) is 14.7. The van der Waals surface area contributed by atoms with Gasteiger partial charge in [0.15, 0.2) is 11.5 Å². The highest BCUT2D eigenvalue weighted by atomic mass is 32.1. The van der Waals surface area contributed by atoms with Crippen LogP contribution in [-0.4, -0.2) is 30.7 Å². The summed E-state index contributed by atoms with van der Waals surface area (Å²) in [6.07, 6.45) is 2.64. The zero-order chi connectivity index (χ0) is 14.4. The second-order valence-electron chi connectivity index (χ2n) is 4.28. The van der Waals surface area contributed by atoms with E-state index in [2.05, 4.69) is 20.7 Å². The lowest BCUT2D eigenvalue weighted by Crippen LogP contribution is -2.18. The molecule has 0 unspecified atom stereocenters. The molecule has 0 aliphatic heterocycles. The summed E-state index contributed by atoms with van der Waals surface area (Å²) in [4.78, 5) is 8.76. The number of hydrogen-bond acceptors (Lipinski definition) is 6. The fourth-order valence-corrected chi connectivity index (χ4v) is 2.57. The third-order valence-corrected chi connectivity index (χ3v) is 3.71. The molecule has 0 bridgehead atoms. The Labute approximate surface area is 123 Å². The molecule has 2 aromatic heterocycles. The van der Waals surface area contributed by atoms with Crippen molar-refractivity contribution in [1.29, 1.82) is 0 Å². The van der Waals surface area contributed by atoms with Crippen molar-refractivity contribution in [1.82, 2.24) is 15.3 Å². The molecule has 5 nitrogen and oxygen atoms in total. The van der Waals surface area contributed by atoms with Crippen LogP contribution in [0.5, 0.6) is 11.5 Å². The Morgan fingerprint density at radius 1 is 1.30 bits per heavy atom. The predicted octanol–water partition coefficient (Wildman–Crippen LogP) is 2.20. The topological polar surface area (TPSA) is 56.3 Å². The molecule has 20 heavy (non-hydrogen) atoms. The van der Waals surface area contributed by atoms with Gasteiger partial charge in [0.2, 0.25) is 0 Å². The summed E-state index contributed by atoms with van der Waals surface area (Å²) in [7, 11) is 3.25. The number of pyridine rings is 1. The van der Waals surface area contributed by atoms with Crippen molar-refractivity contribution < 1.29 is 9.47 Å². The molecule has 0 aliphatic carbocycles. The van der Waals surface area contributed by atoms with Crippen LogP contribution in [0.15, 0.2) is 17.6 Å². The number of hydrogen-bond donors (Lipinski definition) is 1. The number of nitrogens with one attached hydrogen (secondary N) is 1. The highest BCUT2D eigenvalue weighted by molar-refractivity contribution is 7.09. The van der Waals surface area contributed by atoms with Gasteiger partial charge in [0.05, 0.1) is 30.6 Å². The van der Waals surface area contributed by atoms with E-state index >= 15 is 0 Å². The summed E-state index contributed by atoms with van der Waals surface area (Å²) < 4.78 is 10.6. The molecule has 2 heterocycles. The first-order valence-corrected chi connectivity index (χ1v) is 7.30. The Morgan fingerprint density at radius 2 is 2.15 bits per heavy atom. The van der Waals surface area contributed by atoms with Crippen molar-refractivity contribution in [3.8, 4) is 11.5 Å². The molecule has 0 saturated heterocycles. The zero-order valence-electron chi connectivity index (χ0n) is 12.0. The molecule has 6 heteroatoms. The summed E-state index contributed by atoms with van der Waals surface area (Å²) in [6.45, 7) is 3.52. The number of rotatable bonds is 7. The minimum absolute atomic E-state index is 0.642. The molecule has 2 rings (SSSR count). The van der Waals surface area contributed by atoms with Gasteiger partial charge in [-0.1, -0.05) is 0 Å². The average Bonchev–Trinajstić information content (AvgIpc) is 2.88. The Bertz CT molecular complexity index is 557. The molecule has 0 spiro atoms. The van der Waals surface area contributed by atoms with Crippen molar-refractivity contribution in [2.75, 3.05) is 20.8 Å². The first-order chi connectivity index (χ1) is 9.74. The van der Waals surface area contributed by atoms with Crippen LogP contribution in [0.2, 0.25) is 0 Å². The van der Waals surface area contributed by atoms with E-state index in [-0.39, 0.29) is 0 Å². The molecule has 0 atom stereocenters. The Balaban J connectivity index is 1.87. The average molecular weight is 293 g/mol. The van der Waals surface area contributed by atoms with Gasteiger partial charge in [-0.25, -0.2) is 4.98 Å². The molecular weight excluding hydrogens is 274 g/mol. The zero-order valence-corrected chi connectivity index (χ0v) is 12.8. The monoisotopic (exact) mass is 293 g/mol. The lowest BCUT2D eigenvalue weighted by Gasteiger charge is -2.11. The maximum atomic E-state index is 5.35. The van der Waals surface area contributed by atoms with Gasteiger partial charge in [0, 0.05) is 37.2 Å². The van der Waals surface area contributed by atoms with E-state index in [1.165, 1.54) is 0 Å². The van der Waals surface area contributed by atoms with E-state index in [0.717, 1.165) is 29.4 Å². The number of aromatic nitrogens is 2. The van der Waals surface area contributed by atoms with Crippen molar-refractivity contribution in [2.45, 2.75) is 19.9 Å². The minimum atomic E-state index is 0.642. The number of ether oxygens (including phenoxy) is 2. The van der Waals surface area contributed by atoms with Crippen LogP contribution in [-0.2, 0) is 13.0 Å². The van der Waals surface area contributed by atoms with Crippen LogP contribution < -0.4 is 14.8 Å². The predicted molar refractivity (Wildman–Crippen MR) is 79.6 cm³/mol. The molecule has 0 aliphatic rings. The van der Waals surface area contributed by atoms with Gasteiger partial charge in [0.1, 0.15) is 0 Å². The van der Waals surface area contributed by atoms with Crippen molar-refractivity contribution in [3.05, 3.63) is 34.0 Å². The summed E-state index contributed by atoms with van der Waals surface area (Å²) >= 11 is 1.68. The Hall–Kier alpha value is -1.66. The molecule has 0 radical (unpaired) electrons. The van der Waals surface area contributed by atoms with Crippen LogP contribution in [0, 0.1) is 6.92 Å². The van der Waals surface area contributed by atoms with Crippen LogP contribution in [0.1, 0.15) is 16.4 Å². The van der Waals surface area contributed by atoms with E-state index in [1.807, 2.05) is 6.92 Å². The third kappa shape index (κ3) is 3.68. The SMILES string of the molecule is COc1ccnc(CNCCc2csc(C)n2)c1OC. The van der Waals surface area contributed by atoms with E-state index in [4.69, 9.17) is 9.47 Å². The molecule has 108 valence electrons. The van der Waals surface area contributed by atoms with Gasteiger partial charge in [-0.05, 0) is 6.92 Å². The molecule has 0 fully saturated rings. The van der Waals surface area contributed by atoms with E-state index < -0.39 is 0 Å². The smallest absolute Gasteiger partial charge is 0.183 e. The van der Waals surface area contributed by atoms with Gasteiger partial charge in [-0.15, -0.1) is 11.3 Å². The number of methoxy groups -OCH3 is 2. The molecule has 0 amide bonds. The van der Waals surface area contributed by atoms with Gasteiger partial charge >= 0.3 is 0 Å². The van der Waals surface area contributed by atoms with Crippen molar-refractivity contribution in [2.24, 2.45) is 0 Å². The van der Waals surface area contributed by atoms with E-state index in [9.17, 15) is 0 Å². The van der Waals surface area contributed by atoms with Gasteiger partial charge in [-0.3, -0.25) is 4.98 Å². The fraction of sp³-hybridized carbons (Fsp3) is 0.429. The molecule has 0 saturated carbocycles. The van der Waals surface area contributed by atoms with Crippen molar-refractivity contribution >= 4 is 11.3 Å². The lowest BCUT2D eigenvalue weighted by atomic mass is 10.3. The maximum absolute atomic E-state index is 5.35. The highest BCUT2D eigenvalue weighted by Gasteiger charge is 2.10. The molecular formula is C14H19N3O2S. The largest absolute Gasteiger partial charge is 0.493 e.